The summed E-state index contributed by atoms with van der Waals surface area (Å²) in [6.07, 6.45) is 2.70. The lowest BCUT2D eigenvalue weighted by molar-refractivity contribution is 0.414. The van der Waals surface area contributed by atoms with Gasteiger partial charge in [0, 0.05) is 0 Å². The van der Waals surface area contributed by atoms with Gasteiger partial charge in [0.2, 0.25) is 0 Å². The molecule has 0 aliphatic rings. The van der Waals surface area contributed by atoms with Crippen LogP contribution in [0.2, 0.25) is 0 Å². The Balaban J connectivity index is 1.90. The van der Waals surface area contributed by atoms with Crippen LogP contribution in [0.25, 0.3) is 16.7 Å². The highest BCUT2D eigenvalue weighted by Crippen LogP contribution is 2.29. The molecule has 0 fully saturated rings. The van der Waals surface area contributed by atoms with Gasteiger partial charge in [0.15, 0.2) is 17.5 Å². The fourth-order valence-electron chi connectivity index (χ4n) is 3.83. The van der Waals surface area contributed by atoms with Gasteiger partial charge >= 0.3 is 0 Å². The van der Waals surface area contributed by atoms with Crippen molar-refractivity contribution in [2.24, 2.45) is 0 Å². The van der Waals surface area contributed by atoms with Crippen LogP contribution in [0.15, 0.2) is 91.6 Å². The zero-order valence-electron chi connectivity index (χ0n) is 21.6. The minimum absolute atomic E-state index is 0.114. The molecular weight excluding hydrogens is 498 g/mol. The van der Waals surface area contributed by atoms with E-state index in [0.717, 1.165) is 18.8 Å². The van der Waals surface area contributed by atoms with Crippen molar-refractivity contribution in [3.63, 3.8) is 0 Å². The maximum atomic E-state index is 10.2. The highest BCUT2D eigenvalue weighted by atomic mass is 16.5. The van der Waals surface area contributed by atoms with Crippen LogP contribution in [0, 0.1) is 0 Å². The largest absolute Gasteiger partial charge is 0.515 e. The van der Waals surface area contributed by atoms with Crippen molar-refractivity contribution in [1.82, 2.24) is 15.0 Å². The molecule has 0 unspecified atom stereocenters. The third-order valence-corrected chi connectivity index (χ3v) is 5.95. The molecule has 0 amide bonds. The first kappa shape index (κ1) is 26.7. The monoisotopic (exact) mass is 525 g/mol. The number of aliphatic hydroxyl groups excluding tert-OH is 3. The van der Waals surface area contributed by atoms with E-state index in [1.165, 1.54) is 0 Å². The number of ether oxygens (including phenoxy) is 3. The fourth-order valence-corrected chi connectivity index (χ4v) is 3.83. The topological polar surface area (TPSA) is 127 Å². The first-order chi connectivity index (χ1) is 19.0. The van der Waals surface area contributed by atoms with Crippen molar-refractivity contribution in [3.8, 4) is 17.2 Å². The summed E-state index contributed by atoms with van der Waals surface area (Å²) in [6.45, 7) is 0. The molecule has 198 valence electrons. The van der Waals surface area contributed by atoms with Crippen molar-refractivity contribution in [3.05, 3.63) is 126 Å². The van der Waals surface area contributed by atoms with E-state index in [-0.39, 0.29) is 17.5 Å². The molecule has 1 heterocycles. The quantitative estimate of drug-likeness (QED) is 0.234. The average molecular weight is 526 g/mol. The van der Waals surface area contributed by atoms with Gasteiger partial charge in [-0.15, -0.1) is 0 Å². The van der Waals surface area contributed by atoms with E-state index in [1.54, 1.807) is 94.1 Å². The lowest BCUT2D eigenvalue weighted by Gasteiger charge is -2.14. The van der Waals surface area contributed by atoms with Crippen LogP contribution in [0.3, 0.4) is 0 Å². The molecular formula is C30H27N3O6. The number of benzene rings is 3. The summed E-state index contributed by atoms with van der Waals surface area (Å²) in [6, 6.07) is 21.0. The third-order valence-electron chi connectivity index (χ3n) is 5.95. The first-order valence-electron chi connectivity index (χ1n) is 11.8. The summed E-state index contributed by atoms with van der Waals surface area (Å²) >= 11 is 0. The van der Waals surface area contributed by atoms with Crippen LogP contribution < -0.4 is 14.2 Å². The van der Waals surface area contributed by atoms with Crippen LogP contribution in [-0.2, 0) is 0 Å². The molecule has 39 heavy (non-hydrogen) atoms. The fraction of sp³-hybridized carbons (Fsp3) is 0.100. The Morgan fingerprint density at radius 3 is 0.872 bits per heavy atom. The number of rotatable bonds is 9. The van der Waals surface area contributed by atoms with Gasteiger partial charge in [-0.05, 0) is 53.1 Å². The molecule has 4 aromatic rings. The minimum atomic E-state index is 0.114. The van der Waals surface area contributed by atoms with E-state index in [4.69, 9.17) is 14.2 Å². The van der Waals surface area contributed by atoms with Crippen LogP contribution >= 0.6 is 0 Å². The molecule has 0 aliphatic heterocycles. The van der Waals surface area contributed by atoms with Gasteiger partial charge in [0.25, 0.3) is 0 Å². The smallest absolute Gasteiger partial charge is 0.167 e. The van der Waals surface area contributed by atoms with E-state index >= 15 is 0 Å². The van der Waals surface area contributed by atoms with Crippen molar-refractivity contribution in [2.45, 2.75) is 0 Å². The molecule has 9 nitrogen and oxygen atoms in total. The summed E-state index contributed by atoms with van der Waals surface area (Å²) in [7, 11) is 4.69. The zero-order chi connectivity index (χ0) is 27.8. The SMILES string of the molecule is COc1ccc(/C(=C/O)c2nc(/C(=C\O)c3ccc(OC)cc3)nc(/C(=C\O)c3ccc(OC)cc3)n2)cc1. The molecule has 3 aromatic carbocycles. The van der Waals surface area contributed by atoms with Crippen LogP contribution in [-0.4, -0.2) is 51.6 Å². The van der Waals surface area contributed by atoms with Gasteiger partial charge < -0.3 is 29.5 Å². The van der Waals surface area contributed by atoms with Crippen LogP contribution in [0.5, 0.6) is 17.2 Å². The normalized spacial score (nSPS) is 12.2. The summed E-state index contributed by atoms with van der Waals surface area (Å²) in [4.78, 5) is 13.7. The second-order valence-electron chi connectivity index (χ2n) is 8.12. The molecule has 1 aromatic heterocycles. The molecule has 4 rings (SSSR count). The Morgan fingerprint density at radius 2 is 0.692 bits per heavy atom. The molecule has 9 heteroatoms. The molecule has 0 bridgehead atoms. The standard InChI is InChI=1S/C30H27N3O6/c1-37-22-10-4-19(5-11-22)25(16-34)28-31-29(26(17-35)20-6-12-23(38-2)13-7-20)33-30(32-28)27(18-36)21-8-14-24(39-3)15-9-21/h4-18,34-36H,1-3H3/b25-16-,26-17-,27-18-. The Morgan fingerprint density at radius 1 is 0.462 bits per heavy atom. The number of hydrogen-bond donors (Lipinski definition) is 3. The lowest BCUT2D eigenvalue weighted by atomic mass is 10.0. The predicted octanol–water partition coefficient (Wildman–Crippen LogP) is 5.74. The molecule has 0 atom stereocenters. The molecule has 0 saturated heterocycles. The summed E-state index contributed by atoms with van der Waals surface area (Å²) in [5, 5.41) is 30.7. The number of nitrogens with zero attached hydrogens (tertiary/aromatic N) is 3. The highest BCUT2D eigenvalue weighted by Gasteiger charge is 2.20. The molecule has 0 saturated carbocycles. The third kappa shape index (κ3) is 5.83. The van der Waals surface area contributed by atoms with E-state index < -0.39 is 0 Å². The second kappa shape index (κ2) is 12.3. The highest BCUT2D eigenvalue weighted by molar-refractivity contribution is 5.82. The summed E-state index contributed by atoms with van der Waals surface area (Å²) < 4.78 is 15.7. The van der Waals surface area contributed by atoms with Gasteiger partial charge in [-0.3, -0.25) is 0 Å². The van der Waals surface area contributed by atoms with Gasteiger partial charge in [-0.25, -0.2) is 15.0 Å². The molecule has 3 N–H and O–H groups in total. The summed E-state index contributed by atoms with van der Waals surface area (Å²) in [5.74, 6) is 2.27. The van der Waals surface area contributed by atoms with Gasteiger partial charge in [-0.1, -0.05) is 36.4 Å². The van der Waals surface area contributed by atoms with E-state index in [1.807, 2.05) is 0 Å². The second-order valence-corrected chi connectivity index (χ2v) is 8.12. The maximum absolute atomic E-state index is 10.2. The Kier molecular flexibility index (Phi) is 8.43. The average Bonchev–Trinajstić information content (AvgIpc) is 2.99. The Bertz CT molecular complexity index is 1310. The molecule has 0 spiro atoms. The minimum Gasteiger partial charge on any atom is -0.515 e. The number of aromatic nitrogens is 3. The number of aliphatic hydroxyl groups is 3. The Labute approximate surface area is 225 Å². The van der Waals surface area contributed by atoms with E-state index in [0.29, 0.717) is 50.7 Å². The predicted molar refractivity (Wildman–Crippen MR) is 148 cm³/mol. The van der Waals surface area contributed by atoms with Crippen molar-refractivity contribution < 1.29 is 29.5 Å². The number of hydrogen-bond acceptors (Lipinski definition) is 9. The first-order valence-corrected chi connectivity index (χ1v) is 11.8. The molecule has 0 radical (unpaired) electrons. The van der Waals surface area contributed by atoms with Crippen molar-refractivity contribution in [1.29, 1.82) is 0 Å². The van der Waals surface area contributed by atoms with Crippen LogP contribution in [0.4, 0.5) is 0 Å². The van der Waals surface area contributed by atoms with Gasteiger partial charge in [0.1, 0.15) is 17.2 Å². The lowest BCUT2D eigenvalue weighted by Crippen LogP contribution is -2.09. The summed E-state index contributed by atoms with van der Waals surface area (Å²) in [5.41, 5.74) is 2.71. The van der Waals surface area contributed by atoms with Crippen molar-refractivity contribution in [2.75, 3.05) is 21.3 Å². The zero-order valence-corrected chi connectivity index (χ0v) is 21.6. The van der Waals surface area contributed by atoms with Crippen LogP contribution in [0.1, 0.15) is 34.2 Å². The van der Waals surface area contributed by atoms with E-state index in [9.17, 15) is 15.3 Å². The maximum Gasteiger partial charge on any atom is 0.167 e. The van der Waals surface area contributed by atoms with Crippen molar-refractivity contribution >= 4 is 16.7 Å². The Hall–Kier alpha value is -5.31. The molecule has 0 aliphatic carbocycles. The van der Waals surface area contributed by atoms with Gasteiger partial charge in [0.05, 0.1) is 56.8 Å². The van der Waals surface area contributed by atoms with E-state index in [2.05, 4.69) is 15.0 Å². The number of methoxy groups -OCH3 is 3. The van der Waals surface area contributed by atoms with Gasteiger partial charge in [-0.2, -0.15) is 0 Å².